The lowest BCUT2D eigenvalue weighted by molar-refractivity contribution is 0.0734. The Hall–Kier alpha value is -2.78. The van der Waals surface area contributed by atoms with Crippen LogP contribution in [0.25, 0.3) is 11.1 Å². The van der Waals surface area contributed by atoms with Crippen LogP contribution in [0.5, 0.6) is 5.75 Å². The van der Waals surface area contributed by atoms with Crippen LogP contribution in [-0.4, -0.2) is 66.6 Å². The smallest absolute Gasteiger partial charge is 0.247 e. The molecule has 1 aliphatic heterocycles. The van der Waals surface area contributed by atoms with E-state index in [-0.39, 0.29) is 30.1 Å². The van der Waals surface area contributed by atoms with Crippen molar-refractivity contribution in [1.29, 1.82) is 0 Å². The van der Waals surface area contributed by atoms with E-state index in [9.17, 15) is 13.5 Å². The monoisotopic (exact) mass is 495 g/mol. The van der Waals surface area contributed by atoms with E-state index < -0.39 is 16.1 Å². The zero-order valence-corrected chi connectivity index (χ0v) is 21.2. The molecule has 35 heavy (non-hydrogen) atoms. The number of hydrogen-bond donors (Lipinski definition) is 1. The Balaban J connectivity index is 1.72. The van der Waals surface area contributed by atoms with Gasteiger partial charge in [0.25, 0.3) is 0 Å². The van der Waals surface area contributed by atoms with Gasteiger partial charge in [0.15, 0.2) is 0 Å². The van der Waals surface area contributed by atoms with Crippen LogP contribution >= 0.6 is 0 Å². The van der Waals surface area contributed by atoms with Gasteiger partial charge >= 0.3 is 0 Å². The van der Waals surface area contributed by atoms with Crippen molar-refractivity contribution in [2.45, 2.75) is 37.4 Å². The molecule has 0 radical (unpaired) electrons. The summed E-state index contributed by atoms with van der Waals surface area (Å²) in [6.07, 6.45) is 3.16. The molecule has 0 saturated carbocycles. The summed E-state index contributed by atoms with van der Waals surface area (Å²) >= 11 is 0. The van der Waals surface area contributed by atoms with Gasteiger partial charge in [0.2, 0.25) is 10.0 Å². The van der Waals surface area contributed by atoms with E-state index in [1.54, 1.807) is 37.5 Å². The van der Waals surface area contributed by atoms with Crippen LogP contribution < -0.4 is 4.74 Å². The van der Waals surface area contributed by atoms with Crippen molar-refractivity contribution in [2.75, 3.05) is 26.7 Å². The summed E-state index contributed by atoms with van der Waals surface area (Å²) in [5, 5.41) is 9.83. The SMILES string of the molecule is C[C@H]1CN([C@@H](C)CO)S(=O)(=O)c2ccc(-c3ccncc3)cc2O[C@@H]1CN(C)Cc1ccccc1. The fraction of sp³-hybridized carbons (Fsp3) is 0.370. The second-order valence-corrected chi connectivity index (χ2v) is 11.2. The van der Waals surface area contributed by atoms with E-state index in [2.05, 4.69) is 22.0 Å². The Kier molecular flexibility index (Phi) is 7.86. The Morgan fingerprint density at radius 1 is 1.11 bits per heavy atom. The van der Waals surface area contributed by atoms with E-state index in [0.717, 1.165) is 17.7 Å². The Morgan fingerprint density at radius 3 is 2.51 bits per heavy atom. The summed E-state index contributed by atoms with van der Waals surface area (Å²) in [6.45, 7) is 5.12. The van der Waals surface area contributed by atoms with Gasteiger partial charge in [-0.1, -0.05) is 43.3 Å². The molecule has 0 saturated heterocycles. The van der Waals surface area contributed by atoms with Crippen LogP contribution in [0.4, 0.5) is 0 Å². The van der Waals surface area contributed by atoms with Gasteiger partial charge in [-0.2, -0.15) is 4.31 Å². The Morgan fingerprint density at radius 2 is 1.83 bits per heavy atom. The highest BCUT2D eigenvalue weighted by molar-refractivity contribution is 7.89. The van der Waals surface area contributed by atoms with E-state index in [0.29, 0.717) is 12.3 Å². The lowest BCUT2D eigenvalue weighted by Gasteiger charge is -2.37. The van der Waals surface area contributed by atoms with Gasteiger partial charge in [-0.05, 0) is 54.9 Å². The summed E-state index contributed by atoms with van der Waals surface area (Å²) < 4.78 is 35.2. The minimum absolute atomic E-state index is 0.102. The number of aliphatic hydroxyl groups is 1. The molecular formula is C27H33N3O4S. The van der Waals surface area contributed by atoms with Crippen LogP contribution in [0.15, 0.2) is 78.0 Å². The predicted molar refractivity (Wildman–Crippen MR) is 136 cm³/mol. The van der Waals surface area contributed by atoms with Gasteiger partial charge in [-0.3, -0.25) is 9.88 Å². The number of aromatic nitrogens is 1. The van der Waals surface area contributed by atoms with Crippen LogP contribution in [-0.2, 0) is 16.6 Å². The third kappa shape index (κ3) is 5.73. The molecule has 1 aromatic heterocycles. The summed E-state index contributed by atoms with van der Waals surface area (Å²) in [6, 6.07) is 18.6. The Labute approximate surface area is 208 Å². The lowest BCUT2D eigenvalue weighted by atomic mass is 10.0. The van der Waals surface area contributed by atoms with Crippen molar-refractivity contribution < 1.29 is 18.3 Å². The van der Waals surface area contributed by atoms with Crippen molar-refractivity contribution in [3.63, 3.8) is 0 Å². The highest BCUT2D eigenvalue weighted by atomic mass is 32.2. The minimum atomic E-state index is -3.86. The first-order valence-corrected chi connectivity index (χ1v) is 13.3. The summed E-state index contributed by atoms with van der Waals surface area (Å²) in [5.41, 5.74) is 2.98. The van der Waals surface area contributed by atoms with E-state index in [4.69, 9.17) is 4.74 Å². The van der Waals surface area contributed by atoms with Gasteiger partial charge in [-0.25, -0.2) is 8.42 Å². The maximum atomic E-state index is 13.7. The van der Waals surface area contributed by atoms with Crippen LogP contribution in [0, 0.1) is 5.92 Å². The quantitative estimate of drug-likeness (QED) is 0.539. The molecule has 1 N–H and O–H groups in total. The number of likely N-dealkylation sites (N-methyl/N-ethyl adjacent to an activating group) is 1. The molecule has 2 aromatic carbocycles. The normalized spacial score (nSPS) is 20.9. The average molecular weight is 496 g/mol. The molecule has 1 aliphatic rings. The van der Waals surface area contributed by atoms with Crippen LogP contribution in [0.1, 0.15) is 19.4 Å². The third-order valence-electron chi connectivity index (χ3n) is 6.47. The molecule has 0 aliphatic carbocycles. The molecule has 4 rings (SSSR count). The molecule has 0 unspecified atom stereocenters. The first-order chi connectivity index (χ1) is 16.8. The molecule has 7 nitrogen and oxygen atoms in total. The molecule has 0 fully saturated rings. The highest BCUT2D eigenvalue weighted by Crippen LogP contribution is 2.36. The molecule has 2 heterocycles. The zero-order chi connectivity index (χ0) is 25.0. The van der Waals surface area contributed by atoms with E-state index in [1.807, 2.05) is 44.3 Å². The van der Waals surface area contributed by atoms with Gasteiger partial charge in [0.05, 0.1) is 6.61 Å². The van der Waals surface area contributed by atoms with E-state index in [1.165, 1.54) is 9.87 Å². The van der Waals surface area contributed by atoms with Crippen molar-refractivity contribution in [3.8, 4) is 16.9 Å². The fourth-order valence-electron chi connectivity index (χ4n) is 4.43. The van der Waals surface area contributed by atoms with Gasteiger partial charge < -0.3 is 9.84 Å². The topological polar surface area (TPSA) is 83.0 Å². The van der Waals surface area contributed by atoms with Gasteiger partial charge in [-0.15, -0.1) is 0 Å². The summed E-state index contributed by atoms with van der Waals surface area (Å²) in [7, 11) is -1.82. The number of fused-ring (bicyclic) bond motifs is 1. The lowest BCUT2D eigenvalue weighted by Crippen LogP contribution is -2.49. The van der Waals surface area contributed by atoms with E-state index >= 15 is 0 Å². The number of ether oxygens (including phenoxy) is 1. The molecule has 0 amide bonds. The number of benzene rings is 2. The van der Waals surface area contributed by atoms with Gasteiger partial charge in [0, 0.05) is 44.0 Å². The largest absolute Gasteiger partial charge is 0.487 e. The Bertz CT molecular complexity index is 1220. The van der Waals surface area contributed by atoms with Crippen molar-refractivity contribution >= 4 is 10.0 Å². The van der Waals surface area contributed by atoms with Crippen molar-refractivity contribution in [1.82, 2.24) is 14.2 Å². The molecule has 3 atom stereocenters. The number of sulfonamides is 1. The molecule has 186 valence electrons. The zero-order valence-electron chi connectivity index (χ0n) is 20.4. The van der Waals surface area contributed by atoms with Crippen molar-refractivity contribution in [3.05, 3.63) is 78.6 Å². The first kappa shape index (κ1) is 25.3. The average Bonchev–Trinajstić information content (AvgIpc) is 2.86. The summed E-state index contributed by atoms with van der Waals surface area (Å²) in [4.78, 5) is 6.39. The fourth-order valence-corrected chi connectivity index (χ4v) is 6.26. The summed E-state index contributed by atoms with van der Waals surface area (Å²) in [5.74, 6) is 0.230. The molecule has 3 aromatic rings. The maximum absolute atomic E-state index is 13.7. The van der Waals surface area contributed by atoms with Crippen molar-refractivity contribution in [2.24, 2.45) is 5.92 Å². The number of aliphatic hydroxyl groups excluding tert-OH is 1. The molecular weight excluding hydrogens is 462 g/mol. The highest BCUT2D eigenvalue weighted by Gasteiger charge is 2.38. The second kappa shape index (κ2) is 10.9. The molecule has 0 bridgehead atoms. The number of rotatable bonds is 7. The number of nitrogens with zero attached hydrogens (tertiary/aromatic N) is 3. The van der Waals surface area contributed by atoms with Gasteiger partial charge in [0.1, 0.15) is 16.7 Å². The minimum Gasteiger partial charge on any atom is -0.487 e. The third-order valence-corrected chi connectivity index (χ3v) is 8.49. The number of pyridine rings is 1. The molecule has 0 spiro atoms. The van der Waals surface area contributed by atoms with Crippen LogP contribution in [0.3, 0.4) is 0 Å². The molecule has 8 heteroatoms. The second-order valence-electron chi connectivity index (χ2n) is 9.32. The number of hydrogen-bond acceptors (Lipinski definition) is 6. The first-order valence-electron chi connectivity index (χ1n) is 11.9. The van der Waals surface area contributed by atoms with Crippen LogP contribution in [0.2, 0.25) is 0 Å². The maximum Gasteiger partial charge on any atom is 0.247 e. The standard InChI is InChI=1S/C27H33N3O4S/c1-20-16-30(21(2)19-31)35(32,33)27-10-9-24(23-11-13-28-14-12-23)15-25(27)34-26(20)18-29(3)17-22-7-5-4-6-8-22/h4-15,20-21,26,31H,16-19H2,1-3H3/t20-,21-,26+/m0/s1. The predicted octanol–water partition coefficient (Wildman–Crippen LogP) is 3.65.